The quantitative estimate of drug-likeness (QED) is 0.901. The molecule has 0 aromatic heterocycles. The van der Waals surface area contributed by atoms with Crippen molar-refractivity contribution >= 4 is 15.9 Å². The van der Waals surface area contributed by atoms with Crippen LogP contribution in [0.2, 0.25) is 0 Å². The smallest absolute Gasteiger partial charge is 0.0468 e. The number of benzene rings is 1. The van der Waals surface area contributed by atoms with Gasteiger partial charge in [-0.05, 0) is 42.4 Å². The van der Waals surface area contributed by atoms with E-state index < -0.39 is 0 Å². The van der Waals surface area contributed by atoms with Gasteiger partial charge in [0.2, 0.25) is 0 Å². The highest BCUT2D eigenvalue weighted by molar-refractivity contribution is 9.10. The summed E-state index contributed by atoms with van der Waals surface area (Å²) >= 11 is 3.63. The second-order valence-electron chi connectivity index (χ2n) is 6.16. The van der Waals surface area contributed by atoms with Gasteiger partial charge in [0.05, 0.1) is 0 Å². The summed E-state index contributed by atoms with van der Waals surface area (Å²) in [6.45, 7) is 7.63. The lowest BCUT2D eigenvalue weighted by Crippen LogP contribution is -2.46. The fourth-order valence-corrected chi connectivity index (χ4v) is 3.97. The molecule has 116 valence electrons. The van der Waals surface area contributed by atoms with Gasteiger partial charge in [0.1, 0.15) is 0 Å². The van der Waals surface area contributed by atoms with Crippen molar-refractivity contribution in [3.05, 3.63) is 34.3 Å². The zero-order chi connectivity index (χ0) is 14.5. The van der Waals surface area contributed by atoms with Crippen LogP contribution in [0.5, 0.6) is 0 Å². The number of hydrogen-bond donors (Lipinski definition) is 1. The molecule has 0 radical (unpaired) electrons. The van der Waals surface area contributed by atoms with Gasteiger partial charge in [0.25, 0.3) is 0 Å². The molecule has 1 N–H and O–H groups in total. The van der Waals surface area contributed by atoms with Crippen LogP contribution in [-0.4, -0.2) is 50.8 Å². The summed E-state index contributed by atoms with van der Waals surface area (Å²) in [5.41, 5.74) is 1.48. The summed E-state index contributed by atoms with van der Waals surface area (Å²) in [7, 11) is 0. The molecular weight excluding hydrogens is 328 g/mol. The number of ether oxygens (including phenoxy) is 1. The van der Waals surface area contributed by atoms with E-state index in [-0.39, 0.29) is 0 Å². The van der Waals surface area contributed by atoms with Crippen molar-refractivity contribution in [3.8, 4) is 0 Å². The fourth-order valence-electron chi connectivity index (χ4n) is 3.55. The van der Waals surface area contributed by atoms with Crippen LogP contribution in [0.15, 0.2) is 28.7 Å². The van der Waals surface area contributed by atoms with Gasteiger partial charge in [0, 0.05) is 50.4 Å². The topological polar surface area (TPSA) is 24.5 Å². The van der Waals surface area contributed by atoms with Gasteiger partial charge in [-0.2, -0.15) is 0 Å². The van der Waals surface area contributed by atoms with E-state index in [0.29, 0.717) is 5.92 Å². The van der Waals surface area contributed by atoms with Gasteiger partial charge in [-0.3, -0.25) is 0 Å². The van der Waals surface area contributed by atoms with Crippen molar-refractivity contribution in [2.45, 2.75) is 18.8 Å². The summed E-state index contributed by atoms with van der Waals surface area (Å²) in [5.74, 6) is 1.38. The Labute approximate surface area is 136 Å². The van der Waals surface area contributed by atoms with Crippen molar-refractivity contribution in [1.82, 2.24) is 10.2 Å². The Kier molecular flexibility index (Phi) is 5.69. The van der Waals surface area contributed by atoms with E-state index >= 15 is 0 Å². The van der Waals surface area contributed by atoms with Crippen LogP contribution in [0.25, 0.3) is 0 Å². The van der Waals surface area contributed by atoms with Crippen LogP contribution < -0.4 is 5.32 Å². The second-order valence-corrected chi connectivity index (χ2v) is 7.08. The Balaban J connectivity index is 1.75. The average molecular weight is 353 g/mol. The lowest BCUT2D eigenvalue weighted by molar-refractivity contribution is 0.0515. The number of rotatable bonds is 4. The third kappa shape index (κ3) is 4.28. The SMILES string of the molecule is Brc1cccc(C(CN2CCNCC2)C2CCOCC2)c1. The fraction of sp³-hybridized carbons (Fsp3) is 0.647. The van der Waals surface area contributed by atoms with Crippen molar-refractivity contribution in [2.24, 2.45) is 5.92 Å². The average Bonchev–Trinajstić information content (AvgIpc) is 2.54. The first-order chi connectivity index (χ1) is 10.3. The largest absolute Gasteiger partial charge is 0.381 e. The minimum absolute atomic E-state index is 0.629. The molecule has 4 heteroatoms. The van der Waals surface area contributed by atoms with Gasteiger partial charge < -0.3 is 15.0 Å². The van der Waals surface area contributed by atoms with E-state index in [4.69, 9.17) is 4.74 Å². The lowest BCUT2D eigenvalue weighted by atomic mass is 9.81. The van der Waals surface area contributed by atoms with Crippen LogP contribution in [0.1, 0.15) is 24.3 Å². The zero-order valence-electron chi connectivity index (χ0n) is 12.6. The summed E-state index contributed by atoms with van der Waals surface area (Å²) in [4.78, 5) is 2.62. The minimum Gasteiger partial charge on any atom is -0.381 e. The van der Waals surface area contributed by atoms with Crippen LogP contribution in [0, 0.1) is 5.92 Å². The van der Waals surface area contributed by atoms with Gasteiger partial charge >= 0.3 is 0 Å². The number of hydrogen-bond acceptors (Lipinski definition) is 3. The summed E-state index contributed by atoms with van der Waals surface area (Å²) < 4.78 is 6.76. The Hall–Kier alpha value is -0.420. The molecule has 3 rings (SSSR count). The van der Waals surface area contributed by atoms with E-state index in [1.165, 1.54) is 42.5 Å². The molecule has 0 spiro atoms. The molecule has 0 bridgehead atoms. The number of piperazine rings is 1. The summed E-state index contributed by atoms with van der Waals surface area (Å²) in [6, 6.07) is 8.90. The lowest BCUT2D eigenvalue weighted by Gasteiger charge is -2.36. The molecule has 2 aliphatic heterocycles. The van der Waals surface area contributed by atoms with Gasteiger partial charge in [-0.15, -0.1) is 0 Å². The standard InChI is InChI=1S/C17H25BrN2O/c18-16-3-1-2-15(12-16)17(14-4-10-21-11-5-14)13-20-8-6-19-7-9-20/h1-3,12,14,17,19H,4-11,13H2. The monoisotopic (exact) mass is 352 g/mol. The molecule has 1 aromatic carbocycles. The van der Waals surface area contributed by atoms with E-state index in [0.717, 1.165) is 32.2 Å². The molecule has 2 heterocycles. The third-order valence-electron chi connectivity index (χ3n) is 4.78. The minimum atomic E-state index is 0.629. The highest BCUT2D eigenvalue weighted by Gasteiger charge is 2.27. The maximum Gasteiger partial charge on any atom is 0.0468 e. The Morgan fingerprint density at radius 1 is 1.24 bits per heavy atom. The maximum absolute atomic E-state index is 5.57. The van der Waals surface area contributed by atoms with Crippen LogP contribution >= 0.6 is 15.9 Å². The highest BCUT2D eigenvalue weighted by atomic mass is 79.9. The second kappa shape index (κ2) is 7.73. The molecule has 1 atom stereocenters. The number of nitrogens with one attached hydrogen (secondary N) is 1. The molecule has 0 aliphatic carbocycles. The molecule has 3 nitrogen and oxygen atoms in total. The van der Waals surface area contributed by atoms with Crippen molar-refractivity contribution in [3.63, 3.8) is 0 Å². The molecule has 1 aromatic rings. The number of halogens is 1. The summed E-state index contributed by atoms with van der Waals surface area (Å²) in [6.07, 6.45) is 2.40. The van der Waals surface area contributed by atoms with Crippen molar-refractivity contribution in [1.29, 1.82) is 0 Å². The van der Waals surface area contributed by atoms with Crippen LogP contribution in [0.4, 0.5) is 0 Å². The first kappa shape index (κ1) is 15.5. The maximum atomic E-state index is 5.57. The van der Waals surface area contributed by atoms with Crippen molar-refractivity contribution < 1.29 is 4.74 Å². The third-order valence-corrected chi connectivity index (χ3v) is 5.27. The Bertz CT molecular complexity index is 442. The van der Waals surface area contributed by atoms with Gasteiger partial charge in [0.15, 0.2) is 0 Å². The number of nitrogens with zero attached hydrogens (tertiary/aromatic N) is 1. The van der Waals surface area contributed by atoms with E-state index in [1.807, 2.05) is 0 Å². The first-order valence-corrected chi connectivity index (χ1v) is 8.88. The highest BCUT2D eigenvalue weighted by Crippen LogP contribution is 2.34. The summed E-state index contributed by atoms with van der Waals surface area (Å²) in [5, 5.41) is 3.45. The van der Waals surface area contributed by atoms with Crippen LogP contribution in [-0.2, 0) is 4.74 Å². The van der Waals surface area contributed by atoms with Crippen LogP contribution in [0.3, 0.4) is 0 Å². The normalized spacial score (nSPS) is 23.1. The molecule has 0 amide bonds. The van der Waals surface area contributed by atoms with E-state index in [2.05, 4.69) is 50.4 Å². The molecule has 21 heavy (non-hydrogen) atoms. The molecular formula is C17H25BrN2O. The van der Waals surface area contributed by atoms with E-state index in [9.17, 15) is 0 Å². The molecule has 2 saturated heterocycles. The first-order valence-electron chi connectivity index (χ1n) is 8.09. The van der Waals surface area contributed by atoms with E-state index in [1.54, 1.807) is 0 Å². The molecule has 2 aliphatic rings. The van der Waals surface area contributed by atoms with Gasteiger partial charge in [-0.25, -0.2) is 0 Å². The Morgan fingerprint density at radius 3 is 2.71 bits per heavy atom. The molecule has 0 saturated carbocycles. The zero-order valence-corrected chi connectivity index (χ0v) is 14.1. The van der Waals surface area contributed by atoms with Crippen molar-refractivity contribution in [2.75, 3.05) is 45.9 Å². The van der Waals surface area contributed by atoms with Gasteiger partial charge in [-0.1, -0.05) is 28.1 Å². The Morgan fingerprint density at radius 2 is 2.00 bits per heavy atom. The predicted molar refractivity (Wildman–Crippen MR) is 89.7 cm³/mol. The predicted octanol–water partition coefficient (Wildman–Crippen LogP) is 2.86. The molecule has 2 fully saturated rings. The molecule has 1 unspecified atom stereocenters.